The van der Waals surface area contributed by atoms with E-state index < -0.39 is 64.6 Å². The zero-order valence-corrected chi connectivity index (χ0v) is 57.0. The lowest BCUT2D eigenvalue weighted by molar-refractivity contribution is -0.143. The molecular weight excluding hydrogens is 1300 g/mol. The van der Waals surface area contributed by atoms with Crippen LogP contribution in [-0.2, 0) is 53.6 Å². The normalized spacial score (nSPS) is 19.2. The molecule has 5 amide bonds. The molecule has 1 N–H and O–H groups in total. The van der Waals surface area contributed by atoms with Gasteiger partial charge in [-0.2, -0.15) is 26.3 Å². The van der Waals surface area contributed by atoms with E-state index in [1.54, 1.807) is 23.9 Å². The molecule has 0 unspecified atom stereocenters. The molecule has 0 aromatic heterocycles. The second-order valence-corrected chi connectivity index (χ2v) is 27.5. The zero-order valence-electron chi connectivity index (χ0n) is 57.0. The van der Waals surface area contributed by atoms with Crippen LogP contribution in [-0.4, -0.2) is 184 Å². The van der Waals surface area contributed by atoms with Crippen molar-refractivity contribution in [3.8, 4) is 11.1 Å². The van der Waals surface area contributed by atoms with E-state index in [-0.39, 0.29) is 55.6 Å². The van der Waals surface area contributed by atoms with Gasteiger partial charge in [0.25, 0.3) is 11.8 Å². The van der Waals surface area contributed by atoms with Crippen LogP contribution in [0.1, 0.15) is 119 Å². The number of nitrogens with one attached hydrogen (secondary N) is 1. The minimum atomic E-state index is -5.15. The van der Waals surface area contributed by atoms with Crippen molar-refractivity contribution in [2.45, 2.75) is 113 Å². The van der Waals surface area contributed by atoms with Gasteiger partial charge in [0.1, 0.15) is 30.9 Å². The molecule has 0 bridgehead atoms. The van der Waals surface area contributed by atoms with Gasteiger partial charge in [0.05, 0.1) is 29.5 Å². The quantitative estimate of drug-likeness (QED) is 0.0578. The predicted octanol–water partition coefficient (Wildman–Crippen LogP) is 13.4. The molecule has 1 spiro atoms. The number of halogens is 7. The number of hydrogen-bond acceptors (Lipinski definition) is 11. The third-order valence-corrected chi connectivity index (χ3v) is 21.1. The van der Waals surface area contributed by atoms with E-state index in [1.807, 2.05) is 103 Å². The first kappa shape index (κ1) is 72.9. The van der Waals surface area contributed by atoms with Gasteiger partial charge in [-0.1, -0.05) is 84.9 Å². The van der Waals surface area contributed by atoms with Gasteiger partial charge in [-0.25, -0.2) is 9.18 Å². The summed E-state index contributed by atoms with van der Waals surface area (Å²) in [4.78, 5) is 80.3. The van der Waals surface area contributed by atoms with Gasteiger partial charge in [0.2, 0.25) is 11.8 Å². The summed E-state index contributed by atoms with van der Waals surface area (Å²) in [5.74, 6) is -1.20. The second kappa shape index (κ2) is 32.1. The largest absolute Gasteiger partial charge is 0.446 e. The highest BCUT2D eigenvalue weighted by molar-refractivity contribution is 5.95. The number of fused-ring (bicyclic) bond motifs is 2. The van der Waals surface area contributed by atoms with Gasteiger partial charge in [0.15, 0.2) is 0 Å². The lowest BCUT2D eigenvalue weighted by atomic mass is 9.72. The maximum Gasteiger partial charge on any atom is 0.416 e. The van der Waals surface area contributed by atoms with E-state index in [2.05, 4.69) is 32.1 Å². The summed E-state index contributed by atoms with van der Waals surface area (Å²) < 4.78 is 116. The molecule has 0 saturated carbocycles. The Balaban J connectivity index is 0.570. The molecular formula is C77H89F7N8O8. The van der Waals surface area contributed by atoms with Crippen molar-refractivity contribution < 1.29 is 68.9 Å². The molecule has 11 rings (SSSR count). The van der Waals surface area contributed by atoms with Crippen LogP contribution in [0.5, 0.6) is 0 Å². The summed E-state index contributed by atoms with van der Waals surface area (Å²) in [6.07, 6.45) is -2.54. The van der Waals surface area contributed by atoms with E-state index >= 15 is 0 Å². The minimum Gasteiger partial charge on any atom is -0.446 e. The van der Waals surface area contributed by atoms with Crippen LogP contribution in [0, 0.1) is 11.7 Å². The summed E-state index contributed by atoms with van der Waals surface area (Å²) in [5, 5.41) is 2.94. The van der Waals surface area contributed by atoms with Crippen LogP contribution in [0.2, 0.25) is 0 Å². The van der Waals surface area contributed by atoms with Gasteiger partial charge in [-0.15, -0.1) is 0 Å². The zero-order chi connectivity index (χ0) is 70.8. The van der Waals surface area contributed by atoms with Crippen LogP contribution in [0.4, 0.5) is 46.9 Å². The Hall–Kier alpha value is -8.38. The molecule has 534 valence electrons. The fourth-order valence-corrected chi connectivity index (χ4v) is 15.0. The summed E-state index contributed by atoms with van der Waals surface area (Å²) >= 11 is 0. The average Bonchev–Trinajstić information content (AvgIpc) is 1.58. The number of carbonyl (C=O) groups is 5. The standard InChI is InChI=1S/C77H89F7N8O8/c1-86(70(94)51-98-68-49-57-16-7-9-18-66(57)74(68)33-42-90(43-34-74)44-35-75(59-23-25-62(78)26-24-59)52-92(53-99-75)72(96)58-47-60(76(79,80)81)50-61(48-58)77(82,83)84)36-12-37-88(3)71(95)56-21-27-63(28-22-56)91-40-29-54(30-41-91)13-11-20-69(93)87(2)45-46-89-38-31-64(32-39-89)100-73(97)85-67-19-10-8-17-65(67)55-14-5-4-6-15-55/h4-10,14-19,21-28,47-48,50,54,64,68H,11-13,20,29-46,49,51-53H2,1-3H3,(H,85,97)/t68-,75+/m0/s1. The van der Waals surface area contributed by atoms with Crippen LogP contribution in [0.25, 0.3) is 11.1 Å². The molecule has 100 heavy (non-hydrogen) atoms. The van der Waals surface area contributed by atoms with E-state index in [9.17, 15) is 54.7 Å². The topological polar surface area (TPSA) is 148 Å². The van der Waals surface area contributed by atoms with Gasteiger partial charge in [-0.05, 0) is 173 Å². The Morgan fingerprint density at radius 1 is 0.640 bits per heavy atom. The number of likely N-dealkylation sites (N-methyl/N-ethyl adjacent to an activating group) is 2. The van der Waals surface area contributed by atoms with Crippen LogP contribution in [0.15, 0.2) is 146 Å². The van der Waals surface area contributed by atoms with Crippen LogP contribution in [0.3, 0.4) is 0 Å². The molecule has 2 atom stereocenters. The van der Waals surface area contributed by atoms with Crippen molar-refractivity contribution in [3.05, 3.63) is 190 Å². The Morgan fingerprint density at radius 2 is 1.27 bits per heavy atom. The third kappa shape index (κ3) is 17.8. The number of piperidine rings is 3. The molecule has 1 aliphatic carbocycles. The fraction of sp³-hybridized carbons (Fsp3) is 0.468. The maximum absolute atomic E-state index is 14.3. The molecule has 6 aromatic rings. The fourth-order valence-electron chi connectivity index (χ4n) is 15.0. The van der Waals surface area contributed by atoms with Gasteiger partial charge in [-0.3, -0.25) is 24.5 Å². The van der Waals surface area contributed by atoms with Crippen molar-refractivity contribution in [1.82, 2.24) is 29.4 Å². The number of likely N-dealkylation sites (tertiary alicyclic amines) is 2. The Labute approximate surface area is 580 Å². The number of anilines is 2. The van der Waals surface area contributed by atoms with Crippen LogP contribution >= 0.6 is 0 Å². The van der Waals surface area contributed by atoms with E-state index in [0.717, 1.165) is 98.5 Å². The molecule has 4 heterocycles. The summed E-state index contributed by atoms with van der Waals surface area (Å²) in [5.41, 5.74) is 1.44. The molecule has 16 nitrogen and oxygen atoms in total. The monoisotopic (exact) mass is 1390 g/mol. The number of hydrogen-bond donors (Lipinski definition) is 1. The molecule has 5 aliphatic rings. The first-order valence-electron chi connectivity index (χ1n) is 34.8. The molecule has 6 aromatic carbocycles. The number of ether oxygens (including phenoxy) is 3. The summed E-state index contributed by atoms with van der Waals surface area (Å²) in [6.45, 7) is 6.51. The second-order valence-electron chi connectivity index (χ2n) is 27.5. The third-order valence-electron chi connectivity index (χ3n) is 21.1. The smallest absolute Gasteiger partial charge is 0.416 e. The number of amides is 5. The Kier molecular flexibility index (Phi) is 23.4. The van der Waals surface area contributed by atoms with Gasteiger partial charge >= 0.3 is 18.4 Å². The van der Waals surface area contributed by atoms with Crippen molar-refractivity contribution in [3.63, 3.8) is 0 Å². The predicted molar refractivity (Wildman–Crippen MR) is 367 cm³/mol. The molecule has 4 aliphatic heterocycles. The maximum atomic E-state index is 14.3. The number of para-hydroxylation sites is 1. The van der Waals surface area contributed by atoms with Gasteiger partial charge in [0, 0.05) is 114 Å². The SMILES string of the molecule is CN(CCN1CCC(OC(=O)Nc2ccccc2-c2ccccc2)CC1)C(=O)CCCC1CCN(c2ccc(C(=O)N(C)CCCN(C)C(=O)CO[C@H]3Cc4ccccc4C34CCN(CC[C@]3(c5ccc(F)cc5)CN(C(=O)c5cc(C(F)(F)F)cc(C(F)(F)F)c5)CO3)CC4)cc2)CC1. The molecule has 23 heteroatoms. The molecule has 0 radical (unpaired) electrons. The first-order chi connectivity index (χ1) is 47.9. The molecule has 4 saturated heterocycles. The minimum absolute atomic E-state index is 0.0261. The lowest BCUT2D eigenvalue weighted by Crippen LogP contribution is -2.50. The first-order valence-corrected chi connectivity index (χ1v) is 34.8. The average molecular weight is 1390 g/mol. The highest BCUT2D eigenvalue weighted by Gasteiger charge is 2.50. The number of carbonyl (C=O) groups excluding carboxylic acids is 5. The number of rotatable bonds is 24. The molecule has 4 fully saturated rings. The van der Waals surface area contributed by atoms with E-state index in [0.29, 0.717) is 106 Å². The summed E-state index contributed by atoms with van der Waals surface area (Å²) in [6, 6.07) is 39.8. The van der Waals surface area contributed by atoms with Crippen molar-refractivity contribution in [2.24, 2.45) is 5.92 Å². The van der Waals surface area contributed by atoms with Crippen molar-refractivity contribution in [2.75, 3.05) is 123 Å². The van der Waals surface area contributed by atoms with Crippen molar-refractivity contribution >= 4 is 41.1 Å². The number of nitrogens with zero attached hydrogens (tertiary/aromatic N) is 7. The van der Waals surface area contributed by atoms with Gasteiger partial charge < -0.3 is 48.5 Å². The lowest BCUT2D eigenvalue weighted by Gasteiger charge is -2.44. The van der Waals surface area contributed by atoms with Crippen LogP contribution < -0.4 is 10.2 Å². The van der Waals surface area contributed by atoms with E-state index in [4.69, 9.17) is 14.2 Å². The highest BCUT2D eigenvalue weighted by atomic mass is 19.4. The van der Waals surface area contributed by atoms with E-state index in [1.165, 1.54) is 29.8 Å². The summed E-state index contributed by atoms with van der Waals surface area (Å²) in [7, 11) is 5.37. The number of benzene rings is 6. The highest BCUT2D eigenvalue weighted by Crippen LogP contribution is 2.49. The van der Waals surface area contributed by atoms with Crippen molar-refractivity contribution in [1.29, 1.82) is 0 Å². The Morgan fingerprint density at radius 3 is 1.96 bits per heavy atom. The Bertz CT molecular complexity index is 3750. The number of alkyl halides is 6.